The summed E-state index contributed by atoms with van der Waals surface area (Å²) in [6.45, 7) is 3.09. The van der Waals surface area contributed by atoms with Crippen LogP contribution in [0.25, 0.3) is 0 Å². The van der Waals surface area contributed by atoms with Crippen molar-refractivity contribution in [3.8, 4) is 0 Å². The van der Waals surface area contributed by atoms with Crippen molar-refractivity contribution >= 4 is 26.5 Å². The van der Waals surface area contributed by atoms with E-state index >= 15 is 0 Å². The van der Waals surface area contributed by atoms with Gasteiger partial charge in [0.2, 0.25) is 10.0 Å². The number of thiazole rings is 1. The average Bonchev–Trinajstić information content (AvgIpc) is 2.81. The van der Waals surface area contributed by atoms with Gasteiger partial charge >= 0.3 is 0 Å². The standard InChI is InChI=1S/C9H16N4O2S2/c1-6-8(17(11,14)15)16-9(12-6)13-4-2-3-7(13)5-10/h7H,2-5,10H2,1H3,(H2,11,14,15). The van der Waals surface area contributed by atoms with E-state index in [1.165, 1.54) is 0 Å². The molecule has 0 bridgehead atoms. The summed E-state index contributed by atoms with van der Waals surface area (Å²) in [5.41, 5.74) is 6.15. The van der Waals surface area contributed by atoms with E-state index in [-0.39, 0.29) is 10.3 Å². The Morgan fingerprint density at radius 3 is 2.82 bits per heavy atom. The van der Waals surface area contributed by atoms with E-state index in [0.29, 0.717) is 17.4 Å². The number of aromatic nitrogens is 1. The molecule has 0 radical (unpaired) electrons. The molecule has 1 aromatic heterocycles. The number of aryl methyl sites for hydroxylation is 1. The maximum absolute atomic E-state index is 11.3. The fourth-order valence-corrected chi connectivity index (χ4v) is 4.13. The first kappa shape index (κ1) is 12.7. The predicted octanol–water partition coefficient (Wildman–Crippen LogP) is 0.0264. The van der Waals surface area contributed by atoms with Crippen LogP contribution in [0.2, 0.25) is 0 Å². The first-order chi connectivity index (χ1) is 7.93. The maximum atomic E-state index is 11.3. The van der Waals surface area contributed by atoms with Crippen LogP contribution in [0.1, 0.15) is 18.5 Å². The number of nitrogens with zero attached hydrogens (tertiary/aromatic N) is 2. The molecule has 2 rings (SSSR count). The Kier molecular flexibility index (Phi) is 3.39. The Balaban J connectivity index is 2.35. The van der Waals surface area contributed by atoms with Gasteiger partial charge in [-0.05, 0) is 19.8 Å². The summed E-state index contributed by atoms with van der Waals surface area (Å²) in [4.78, 5) is 6.36. The van der Waals surface area contributed by atoms with E-state index in [9.17, 15) is 8.42 Å². The average molecular weight is 276 g/mol. The Morgan fingerprint density at radius 2 is 2.29 bits per heavy atom. The van der Waals surface area contributed by atoms with Crippen LogP contribution < -0.4 is 15.8 Å². The van der Waals surface area contributed by atoms with Gasteiger partial charge in [-0.3, -0.25) is 0 Å². The molecule has 1 saturated heterocycles. The summed E-state index contributed by atoms with van der Waals surface area (Å²) in [7, 11) is -3.67. The molecular formula is C9H16N4O2S2. The zero-order valence-corrected chi connectivity index (χ0v) is 11.2. The van der Waals surface area contributed by atoms with Crippen LogP contribution in [-0.2, 0) is 10.0 Å². The van der Waals surface area contributed by atoms with E-state index < -0.39 is 10.0 Å². The van der Waals surface area contributed by atoms with E-state index in [0.717, 1.165) is 30.7 Å². The Hall–Kier alpha value is -0.700. The van der Waals surface area contributed by atoms with Crippen molar-refractivity contribution in [1.29, 1.82) is 0 Å². The highest BCUT2D eigenvalue weighted by atomic mass is 32.2. The van der Waals surface area contributed by atoms with E-state index in [1.807, 2.05) is 0 Å². The van der Waals surface area contributed by atoms with Gasteiger partial charge in [-0.1, -0.05) is 11.3 Å². The summed E-state index contributed by atoms with van der Waals surface area (Å²) in [5.74, 6) is 0. The van der Waals surface area contributed by atoms with Crippen molar-refractivity contribution in [2.75, 3.05) is 18.0 Å². The van der Waals surface area contributed by atoms with Crippen molar-refractivity contribution in [2.24, 2.45) is 10.9 Å². The molecule has 0 saturated carbocycles. The fraction of sp³-hybridized carbons (Fsp3) is 0.667. The van der Waals surface area contributed by atoms with Crippen molar-refractivity contribution in [3.05, 3.63) is 5.69 Å². The van der Waals surface area contributed by atoms with Crippen LogP contribution in [-0.4, -0.2) is 32.5 Å². The number of sulfonamides is 1. The molecule has 0 aliphatic carbocycles. The first-order valence-corrected chi connectivity index (χ1v) is 7.76. The molecule has 1 fully saturated rings. The lowest BCUT2D eigenvalue weighted by atomic mass is 10.2. The normalized spacial score (nSPS) is 21.1. The van der Waals surface area contributed by atoms with Gasteiger partial charge in [0.1, 0.15) is 0 Å². The van der Waals surface area contributed by atoms with Crippen molar-refractivity contribution < 1.29 is 8.42 Å². The van der Waals surface area contributed by atoms with Gasteiger partial charge in [0.15, 0.2) is 9.34 Å². The second-order valence-corrected chi connectivity index (χ2v) is 6.87. The third-order valence-electron chi connectivity index (χ3n) is 2.90. The minimum atomic E-state index is -3.67. The SMILES string of the molecule is Cc1nc(N2CCCC2CN)sc1S(N)(=O)=O. The van der Waals surface area contributed by atoms with E-state index in [4.69, 9.17) is 10.9 Å². The molecule has 1 aliphatic heterocycles. The van der Waals surface area contributed by atoms with Crippen molar-refractivity contribution in [2.45, 2.75) is 30.0 Å². The van der Waals surface area contributed by atoms with Gasteiger partial charge in [0.25, 0.3) is 0 Å². The number of primary sulfonamides is 1. The Bertz CT molecular complexity index is 511. The quantitative estimate of drug-likeness (QED) is 0.810. The highest BCUT2D eigenvalue weighted by molar-refractivity contribution is 7.91. The molecule has 6 nitrogen and oxygen atoms in total. The lowest BCUT2D eigenvalue weighted by Gasteiger charge is -2.22. The zero-order chi connectivity index (χ0) is 12.6. The smallest absolute Gasteiger partial charge is 0.249 e. The predicted molar refractivity (Wildman–Crippen MR) is 67.6 cm³/mol. The van der Waals surface area contributed by atoms with E-state index in [2.05, 4.69) is 9.88 Å². The van der Waals surface area contributed by atoms with Crippen LogP contribution in [0.5, 0.6) is 0 Å². The highest BCUT2D eigenvalue weighted by Crippen LogP contribution is 2.33. The van der Waals surface area contributed by atoms with Gasteiger partial charge in [-0.15, -0.1) is 0 Å². The molecule has 4 N–H and O–H groups in total. The molecule has 1 atom stereocenters. The molecule has 96 valence electrons. The van der Waals surface area contributed by atoms with E-state index in [1.54, 1.807) is 6.92 Å². The lowest BCUT2D eigenvalue weighted by Crippen LogP contribution is -2.35. The summed E-state index contributed by atoms with van der Waals surface area (Å²) >= 11 is 1.13. The summed E-state index contributed by atoms with van der Waals surface area (Å²) in [6, 6.07) is 0.258. The minimum absolute atomic E-state index is 0.148. The van der Waals surface area contributed by atoms with Crippen LogP contribution in [0.15, 0.2) is 4.21 Å². The molecule has 8 heteroatoms. The molecule has 0 amide bonds. The van der Waals surface area contributed by atoms with Gasteiger partial charge in [-0.2, -0.15) is 0 Å². The Morgan fingerprint density at radius 1 is 1.59 bits per heavy atom. The van der Waals surface area contributed by atoms with Gasteiger partial charge in [0.05, 0.1) is 5.69 Å². The molecular weight excluding hydrogens is 260 g/mol. The van der Waals surface area contributed by atoms with Crippen molar-refractivity contribution in [1.82, 2.24) is 4.98 Å². The molecule has 1 aromatic rings. The maximum Gasteiger partial charge on any atom is 0.249 e. The summed E-state index contributed by atoms with van der Waals surface area (Å²) in [5, 5.41) is 5.84. The van der Waals surface area contributed by atoms with Gasteiger partial charge in [0, 0.05) is 19.1 Å². The van der Waals surface area contributed by atoms with Crippen LogP contribution in [0.4, 0.5) is 5.13 Å². The molecule has 17 heavy (non-hydrogen) atoms. The minimum Gasteiger partial charge on any atom is -0.344 e. The molecule has 1 unspecified atom stereocenters. The van der Waals surface area contributed by atoms with Crippen LogP contribution in [0.3, 0.4) is 0 Å². The fourth-order valence-electron chi connectivity index (χ4n) is 2.09. The number of nitrogens with two attached hydrogens (primary N) is 2. The molecule has 2 heterocycles. The number of anilines is 1. The molecule has 0 spiro atoms. The summed E-state index contributed by atoms with van der Waals surface area (Å²) in [6.07, 6.45) is 2.09. The van der Waals surface area contributed by atoms with Gasteiger partial charge < -0.3 is 10.6 Å². The van der Waals surface area contributed by atoms with Crippen LogP contribution in [0, 0.1) is 6.92 Å². The number of hydrogen-bond acceptors (Lipinski definition) is 6. The zero-order valence-electron chi connectivity index (χ0n) is 9.59. The molecule has 1 aliphatic rings. The number of hydrogen-bond donors (Lipinski definition) is 2. The Labute approximate surface area is 105 Å². The topological polar surface area (TPSA) is 102 Å². The molecule has 0 aromatic carbocycles. The second kappa shape index (κ2) is 4.52. The third-order valence-corrected chi connectivity index (χ3v) is 5.64. The second-order valence-electron chi connectivity index (χ2n) is 4.14. The first-order valence-electron chi connectivity index (χ1n) is 5.40. The monoisotopic (exact) mass is 276 g/mol. The van der Waals surface area contributed by atoms with Crippen molar-refractivity contribution in [3.63, 3.8) is 0 Å². The lowest BCUT2D eigenvalue weighted by molar-refractivity contribution is 0.599. The third kappa shape index (κ3) is 2.44. The van der Waals surface area contributed by atoms with Crippen LogP contribution >= 0.6 is 11.3 Å². The van der Waals surface area contributed by atoms with Gasteiger partial charge in [-0.25, -0.2) is 18.5 Å². The number of rotatable bonds is 3. The largest absolute Gasteiger partial charge is 0.344 e. The highest BCUT2D eigenvalue weighted by Gasteiger charge is 2.28. The summed E-state index contributed by atoms with van der Waals surface area (Å²) < 4.78 is 22.8.